The maximum atomic E-state index is 13.1. The molecule has 0 aliphatic rings. The normalized spacial score (nSPS) is 13.1. The van der Waals surface area contributed by atoms with Crippen molar-refractivity contribution in [1.29, 1.82) is 0 Å². The summed E-state index contributed by atoms with van der Waals surface area (Å²) in [7, 11) is 0. The highest BCUT2D eigenvalue weighted by Gasteiger charge is 2.25. The van der Waals surface area contributed by atoms with E-state index in [0.29, 0.717) is 0 Å². The van der Waals surface area contributed by atoms with Gasteiger partial charge >= 0.3 is 5.97 Å². The Balaban J connectivity index is 1.62. The third-order valence-electron chi connectivity index (χ3n) is 5.44. The average Bonchev–Trinajstić information content (AvgIpc) is 3.25. The van der Waals surface area contributed by atoms with Crippen LogP contribution >= 0.6 is 11.8 Å². The zero-order valence-electron chi connectivity index (χ0n) is 17.5. The molecule has 2 atom stereocenters. The molecule has 4 nitrogen and oxygen atoms in total. The van der Waals surface area contributed by atoms with E-state index >= 15 is 0 Å². The second-order valence-electron chi connectivity index (χ2n) is 7.43. The van der Waals surface area contributed by atoms with E-state index in [2.05, 4.69) is 11.1 Å². The van der Waals surface area contributed by atoms with Crippen molar-refractivity contribution in [1.82, 2.24) is 4.98 Å². The molecule has 0 unspecified atom stereocenters. The van der Waals surface area contributed by atoms with Gasteiger partial charge in [-0.25, -0.2) is 4.79 Å². The number of aromatic amines is 1. The number of esters is 1. The summed E-state index contributed by atoms with van der Waals surface area (Å²) in [6.45, 7) is 0. The molecule has 158 valence electrons. The molecule has 0 saturated heterocycles. The Kier molecular flexibility index (Phi) is 6.75. The third kappa shape index (κ3) is 4.68. The topological polar surface area (TPSA) is 68.1 Å². The molecule has 1 aromatic heterocycles. The average molecular weight is 431 g/mol. The summed E-state index contributed by atoms with van der Waals surface area (Å²) in [6, 6.07) is 24.9. The van der Waals surface area contributed by atoms with Crippen LogP contribution in [0, 0.1) is 0 Å². The molecular formula is C26H26N2O2S. The Bertz CT molecular complexity index is 1160. The van der Waals surface area contributed by atoms with Crippen LogP contribution in [0.15, 0.2) is 85.1 Å². The highest BCUT2D eigenvalue weighted by Crippen LogP contribution is 2.34. The Hall–Kier alpha value is -3.02. The molecule has 31 heavy (non-hydrogen) atoms. The van der Waals surface area contributed by atoms with Crippen molar-refractivity contribution in [2.75, 3.05) is 12.0 Å². The van der Waals surface area contributed by atoms with Crippen LogP contribution in [0.1, 0.15) is 29.7 Å². The van der Waals surface area contributed by atoms with Gasteiger partial charge in [0.1, 0.15) is 12.1 Å². The van der Waals surface area contributed by atoms with Crippen molar-refractivity contribution in [2.45, 2.75) is 18.6 Å². The minimum Gasteiger partial charge on any atom is -0.456 e. The van der Waals surface area contributed by atoms with Crippen LogP contribution in [0.5, 0.6) is 0 Å². The molecule has 1 heterocycles. The molecule has 0 radical (unpaired) electrons. The number of nitrogens with one attached hydrogen (secondary N) is 1. The van der Waals surface area contributed by atoms with Crippen LogP contribution < -0.4 is 5.73 Å². The van der Waals surface area contributed by atoms with Crippen molar-refractivity contribution in [2.24, 2.45) is 5.73 Å². The van der Waals surface area contributed by atoms with E-state index in [-0.39, 0.29) is 6.10 Å². The number of hydrogen-bond acceptors (Lipinski definition) is 4. The molecule has 5 heteroatoms. The van der Waals surface area contributed by atoms with Gasteiger partial charge in [0.2, 0.25) is 0 Å². The zero-order chi connectivity index (χ0) is 21.6. The van der Waals surface area contributed by atoms with Crippen molar-refractivity contribution < 1.29 is 9.53 Å². The maximum absolute atomic E-state index is 13.1. The van der Waals surface area contributed by atoms with Gasteiger partial charge in [-0.1, -0.05) is 72.8 Å². The van der Waals surface area contributed by atoms with Gasteiger partial charge in [-0.3, -0.25) is 0 Å². The number of fused-ring (bicyclic) bond motifs is 1. The lowest BCUT2D eigenvalue weighted by Crippen LogP contribution is -2.26. The smallest absolute Gasteiger partial charge is 0.328 e. The molecule has 4 aromatic rings. The fourth-order valence-corrected chi connectivity index (χ4v) is 4.28. The highest BCUT2D eigenvalue weighted by atomic mass is 32.2. The van der Waals surface area contributed by atoms with E-state index in [1.807, 2.05) is 85.2 Å². The van der Waals surface area contributed by atoms with Crippen LogP contribution in [0.2, 0.25) is 0 Å². The number of hydrogen-bond donors (Lipinski definition) is 2. The van der Waals surface area contributed by atoms with Crippen molar-refractivity contribution in [3.63, 3.8) is 0 Å². The predicted octanol–water partition coefficient (Wildman–Crippen LogP) is 5.87. The Morgan fingerprint density at radius 1 is 0.968 bits per heavy atom. The number of nitrogens with two attached hydrogens (primary N) is 1. The van der Waals surface area contributed by atoms with Gasteiger partial charge in [0.25, 0.3) is 0 Å². The zero-order valence-corrected chi connectivity index (χ0v) is 18.3. The van der Waals surface area contributed by atoms with Crippen LogP contribution in [0.3, 0.4) is 0 Å². The standard InChI is InChI=1S/C26H26N2O2S/c1-31-16-15-24(18-9-3-2-4-10-18)30-26(29)25(27)21-13-6-5-11-19(21)22-17-28-23-14-8-7-12-20(22)23/h2-14,17,24-25,28H,15-16,27H2,1H3/t24-,25-/m0/s1. The second-order valence-corrected chi connectivity index (χ2v) is 8.42. The lowest BCUT2D eigenvalue weighted by Gasteiger charge is -2.22. The molecule has 0 spiro atoms. The maximum Gasteiger partial charge on any atom is 0.328 e. The molecule has 4 rings (SSSR count). The highest BCUT2D eigenvalue weighted by molar-refractivity contribution is 7.98. The SMILES string of the molecule is CSCC[C@H](OC(=O)[C@@H](N)c1ccccc1-c1c[nH]c2ccccc12)c1ccccc1. The summed E-state index contributed by atoms with van der Waals surface area (Å²) < 4.78 is 5.93. The number of rotatable bonds is 8. The summed E-state index contributed by atoms with van der Waals surface area (Å²) in [5.74, 6) is 0.482. The van der Waals surface area contributed by atoms with Crippen LogP contribution in [-0.4, -0.2) is 23.0 Å². The van der Waals surface area contributed by atoms with Crippen molar-refractivity contribution in [3.8, 4) is 11.1 Å². The summed E-state index contributed by atoms with van der Waals surface area (Å²) in [5, 5.41) is 1.10. The molecule has 0 fully saturated rings. The Morgan fingerprint density at radius 3 is 2.48 bits per heavy atom. The molecule has 0 amide bonds. The number of benzene rings is 3. The van der Waals surface area contributed by atoms with Gasteiger partial charge in [0.05, 0.1) is 0 Å². The summed E-state index contributed by atoms with van der Waals surface area (Å²) in [4.78, 5) is 16.4. The minimum absolute atomic E-state index is 0.313. The molecular weight excluding hydrogens is 404 g/mol. The lowest BCUT2D eigenvalue weighted by molar-refractivity contribution is -0.151. The number of carbonyl (C=O) groups is 1. The monoisotopic (exact) mass is 430 g/mol. The van der Waals surface area contributed by atoms with Gasteiger partial charge in [-0.05, 0) is 41.2 Å². The number of H-pyrrole nitrogens is 1. The number of aromatic nitrogens is 1. The summed E-state index contributed by atoms with van der Waals surface area (Å²) >= 11 is 1.73. The van der Waals surface area contributed by atoms with Gasteiger partial charge in [0, 0.05) is 22.7 Å². The first kappa shape index (κ1) is 21.2. The van der Waals surface area contributed by atoms with E-state index in [1.54, 1.807) is 11.8 Å². The fraction of sp³-hybridized carbons (Fsp3) is 0.192. The van der Waals surface area contributed by atoms with E-state index in [4.69, 9.17) is 10.5 Å². The molecule has 0 bridgehead atoms. The fourth-order valence-electron chi connectivity index (χ4n) is 3.83. The number of thioether (sulfide) groups is 1. The van der Waals surface area contributed by atoms with Gasteiger partial charge in [-0.15, -0.1) is 0 Å². The van der Waals surface area contributed by atoms with E-state index < -0.39 is 12.0 Å². The van der Waals surface area contributed by atoms with Crippen molar-refractivity contribution >= 4 is 28.6 Å². The number of carbonyl (C=O) groups excluding carboxylic acids is 1. The van der Waals surface area contributed by atoms with E-state index in [1.165, 1.54) is 0 Å². The molecule has 3 N–H and O–H groups in total. The van der Waals surface area contributed by atoms with Gasteiger partial charge in [-0.2, -0.15) is 11.8 Å². The first-order valence-corrected chi connectivity index (χ1v) is 11.7. The molecule has 3 aromatic carbocycles. The van der Waals surface area contributed by atoms with Gasteiger partial charge in [0.15, 0.2) is 0 Å². The Labute approximate surface area is 186 Å². The van der Waals surface area contributed by atoms with Crippen molar-refractivity contribution in [3.05, 3.63) is 96.2 Å². The van der Waals surface area contributed by atoms with E-state index in [9.17, 15) is 4.79 Å². The van der Waals surface area contributed by atoms with Crippen LogP contribution in [-0.2, 0) is 9.53 Å². The third-order valence-corrected chi connectivity index (χ3v) is 6.09. The molecule has 0 aliphatic carbocycles. The second kappa shape index (κ2) is 9.86. The quantitative estimate of drug-likeness (QED) is 0.343. The van der Waals surface area contributed by atoms with E-state index in [0.717, 1.165) is 45.3 Å². The van der Waals surface area contributed by atoms with Gasteiger partial charge < -0.3 is 15.5 Å². The predicted molar refractivity (Wildman–Crippen MR) is 129 cm³/mol. The molecule has 0 aliphatic heterocycles. The molecule has 0 saturated carbocycles. The summed E-state index contributed by atoms with van der Waals surface area (Å²) in [5.41, 5.74) is 11.2. The minimum atomic E-state index is -0.870. The first-order valence-electron chi connectivity index (χ1n) is 10.3. The summed E-state index contributed by atoms with van der Waals surface area (Å²) in [6.07, 6.45) is 4.44. The number of ether oxygens (including phenoxy) is 1. The number of para-hydroxylation sites is 1. The first-order chi connectivity index (χ1) is 15.2. The van der Waals surface area contributed by atoms with Crippen LogP contribution in [0.4, 0.5) is 0 Å². The Morgan fingerprint density at radius 2 is 1.68 bits per heavy atom. The lowest BCUT2D eigenvalue weighted by atomic mass is 9.95. The largest absolute Gasteiger partial charge is 0.456 e. The van der Waals surface area contributed by atoms with Crippen LogP contribution in [0.25, 0.3) is 22.0 Å².